The molecule has 0 saturated carbocycles. The molecule has 0 fully saturated rings. The molecule has 1 unspecified atom stereocenters. The monoisotopic (exact) mass is 240 g/mol. The lowest BCUT2D eigenvalue weighted by Crippen LogP contribution is -2.24. The first kappa shape index (κ1) is 13.5. The van der Waals surface area contributed by atoms with Crippen molar-refractivity contribution in [2.24, 2.45) is 0 Å². The van der Waals surface area contributed by atoms with E-state index < -0.39 is 12.3 Å². The maximum absolute atomic E-state index is 13.2. The molecule has 1 atom stereocenters. The number of benzene rings is 1. The van der Waals surface area contributed by atoms with E-state index in [1.165, 1.54) is 0 Å². The van der Waals surface area contributed by atoms with Crippen LogP contribution in [0.2, 0.25) is 0 Å². The summed E-state index contributed by atoms with van der Waals surface area (Å²) < 4.78 is 22.6. The molecular weight excluding hydrogens is 223 g/mol. The van der Waals surface area contributed by atoms with Crippen molar-refractivity contribution < 1.29 is 18.7 Å². The number of alkyl halides is 1. The van der Waals surface area contributed by atoms with Crippen molar-refractivity contribution in [3.63, 3.8) is 0 Å². The Labute approximate surface area is 101 Å². The highest BCUT2D eigenvalue weighted by atomic mass is 19.1. The van der Waals surface area contributed by atoms with E-state index in [2.05, 4.69) is 18.6 Å². The van der Waals surface area contributed by atoms with Crippen LogP contribution in [-0.2, 0) is 9.53 Å². The van der Waals surface area contributed by atoms with E-state index in [4.69, 9.17) is 4.74 Å². The van der Waals surface area contributed by atoms with Crippen LogP contribution in [0, 0.1) is 0 Å². The minimum atomic E-state index is -2.07. The summed E-state index contributed by atoms with van der Waals surface area (Å²) in [5.74, 6) is -0.286. The first-order chi connectivity index (χ1) is 8.04. The van der Waals surface area contributed by atoms with E-state index in [0.717, 1.165) is 5.56 Å². The Morgan fingerprint density at radius 3 is 2.35 bits per heavy atom. The third-order valence-corrected chi connectivity index (χ3v) is 2.26. The first-order valence-electron chi connectivity index (χ1n) is 5.62. The molecule has 94 valence electrons. The summed E-state index contributed by atoms with van der Waals surface area (Å²) in [5, 5.41) is 0. The van der Waals surface area contributed by atoms with Crippen molar-refractivity contribution in [3.05, 3.63) is 29.8 Å². The van der Waals surface area contributed by atoms with Crippen molar-refractivity contribution in [3.8, 4) is 5.75 Å². The lowest BCUT2D eigenvalue weighted by Gasteiger charge is -2.11. The quantitative estimate of drug-likeness (QED) is 0.742. The zero-order valence-corrected chi connectivity index (χ0v) is 10.3. The molecule has 0 N–H and O–H groups in total. The normalized spacial score (nSPS) is 12.3. The van der Waals surface area contributed by atoms with Crippen LogP contribution in [0.4, 0.5) is 4.39 Å². The summed E-state index contributed by atoms with van der Waals surface area (Å²) in [6, 6.07) is 6.97. The van der Waals surface area contributed by atoms with Crippen LogP contribution in [0.1, 0.15) is 32.3 Å². The second-order valence-corrected chi connectivity index (χ2v) is 3.91. The van der Waals surface area contributed by atoms with Gasteiger partial charge in [-0.1, -0.05) is 26.0 Å². The summed E-state index contributed by atoms with van der Waals surface area (Å²) in [4.78, 5) is 11.0. The molecule has 4 heteroatoms. The van der Waals surface area contributed by atoms with Crippen molar-refractivity contribution in [2.75, 3.05) is 6.61 Å². The van der Waals surface area contributed by atoms with Gasteiger partial charge >= 0.3 is 12.3 Å². The zero-order chi connectivity index (χ0) is 12.8. The Hall–Kier alpha value is -1.58. The SMILES string of the molecule is CCOC(=O)C(F)Oc1ccc(C(C)C)cc1. The molecule has 0 aromatic heterocycles. The van der Waals surface area contributed by atoms with Gasteiger partial charge in [-0.2, -0.15) is 4.39 Å². The van der Waals surface area contributed by atoms with Gasteiger partial charge in [-0.15, -0.1) is 0 Å². The lowest BCUT2D eigenvalue weighted by molar-refractivity contribution is -0.159. The van der Waals surface area contributed by atoms with E-state index in [0.29, 0.717) is 11.7 Å². The molecule has 0 saturated heterocycles. The average molecular weight is 240 g/mol. The van der Waals surface area contributed by atoms with Gasteiger partial charge in [-0.25, -0.2) is 4.79 Å². The number of halogens is 1. The summed E-state index contributed by atoms with van der Waals surface area (Å²) in [7, 11) is 0. The third-order valence-electron chi connectivity index (χ3n) is 2.26. The van der Waals surface area contributed by atoms with Gasteiger partial charge in [0.05, 0.1) is 6.61 Å². The lowest BCUT2D eigenvalue weighted by atomic mass is 10.0. The highest BCUT2D eigenvalue weighted by molar-refractivity contribution is 5.73. The van der Waals surface area contributed by atoms with E-state index in [9.17, 15) is 9.18 Å². The van der Waals surface area contributed by atoms with Gasteiger partial charge in [0.15, 0.2) is 0 Å². The molecule has 1 rings (SSSR count). The molecule has 1 aromatic carbocycles. The van der Waals surface area contributed by atoms with Gasteiger partial charge in [0.2, 0.25) is 0 Å². The number of hydrogen-bond acceptors (Lipinski definition) is 3. The fraction of sp³-hybridized carbons (Fsp3) is 0.462. The molecule has 0 aliphatic carbocycles. The van der Waals surface area contributed by atoms with Crippen LogP contribution >= 0.6 is 0 Å². The van der Waals surface area contributed by atoms with Crippen LogP contribution in [0.3, 0.4) is 0 Å². The Morgan fingerprint density at radius 1 is 1.29 bits per heavy atom. The van der Waals surface area contributed by atoms with Gasteiger partial charge in [0.1, 0.15) is 5.75 Å². The van der Waals surface area contributed by atoms with Crippen molar-refractivity contribution >= 4 is 5.97 Å². The van der Waals surface area contributed by atoms with Gasteiger partial charge < -0.3 is 9.47 Å². The number of carbonyl (C=O) groups is 1. The fourth-order valence-corrected chi connectivity index (χ4v) is 1.31. The van der Waals surface area contributed by atoms with Crippen molar-refractivity contribution in [1.29, 1.82) is 0 Å². The second-order valence-electron chi connectivity index (χ2n) is 3.91. The molecule has 3 nitrogen and oxygen atoms in total. The minimum Gasteiger partial charge on any atom is -0.461 e. The standard InChI is InChI=1S/C13H17FO3/c1-4-16-13(15)12(14)17-11-7-5-10(6-8-11)9(2)3/h5-9,12H,4H2,1-3H3. The Bertz CT molecular complexity index is 359. The molecule has 0 spiro atoms. The molecule has 0 bridgehead atoms. The zero-order valence-electron chi connectivity index (χ0n) is 10.3. The predicted octanol–water partition coefficient (Wildman–Crippen LogP) is 3.05. The van der Waals surface area contributed by atoms with E-state index in [-0.39, 0.29) is 6.61 Å². The fourth-order valence-electron chi connectivity index (χ4n) is 1.31. The van der Waals surface area contributed by atoms with Gasteiger partial charge in [-0.05, 0) is 30.5 Å². The molecule has 17 heavy (non-hydrogen) atoms. The number of ether oxygens (including phenoxy) is 2. The van der Waals surface area contributed by atoms with Crippen LogP contribution in [0.5, 0.6) is 5.75 Å². The molecule has 0 aliphatic rings. The Morgan fingerprint density at radius 2 is 1.88 bits per heavy atom. The van der Waals surface area contributed by atoms with Gasteiger partial charge in [-0.3, -0.25) is 0 Å². The van der Waals surface area contributed by atoms with E-state index in [1.54, 1.807) is 19.1 Å². The maximum atomic E-state index is 13.2. The van der Waals surface area contributed by atoms with Gasteiger partial charge in [0, 0.05) is 0 Å². The number of hydrogen-bond donors (Lipinski definition) is 0. The maximum Gasteiger partial charge on any atom is 0.381 e. The molecular formula is C13H17FO3. The van der Waals surface area contributed by atoms with E-state index in [1.807, 2.05) is 12.1 Å². The van der Waals surface area contributed by atoms with Crippen LogP contribution in [0.25, 0.3) is 0 Å². The number of esters is 1. The van der Waals surface area contributed by atoms with Crippen LogP contribution < -0.4 is 4.74 Å². The molecule has 0 amide bonds. The number of rotatable bonds is 5. The molecule has 0 heterocycles. The van der Waals surface area contributed by atoms with Gasteiger partial charge in [0.25, 0.3) is 0 Å². The molecule has 0 radical (unpaired) electrons. The van der Waals surface area contributed by atoms with Crippen LogP contribution in [-0.4, -0.2) is 18.9 Å². The molecule has 1 aromatic rings. The van der Waals surface area contributed by atoms with Crippen LogP contribution in [0.15, 0.2) is 24.3 Å². The number of carbonyl (C=O) groups excluding carboxylic acids is 1. The topological polar surface area (TPSA) is 35.5 Å². The predicted molar refractivity (Wildman–Crippen MR) is 62.7 cm³/mol. The Kier molecular flexibility index (Phi) is 4.94. The van der Waals surface area contributed by atoms with Crippen molar-refractivity contribution in [2.45, 2.75) is 33.0 Å². The first-order valence-corrected chi connectivity index (χ1v) is 5.62. The minimum absolute atomic E-state index is 0.134. The highest BCUT2D eigenvalue weighted by Crippen LogP contribution is 2.19. The highest BCUT2D eigenvalue weighted by Gasteiger charge is 2.20. The third kappa shape index (κ3) is 4.06. The summed E-state index contributed by atoms with van der Waals surface area (Å²) in [5.41, 5.74) is 1.13. The summed E-state index contributed by atoms with van der Waals surface area (Å²) >= 11 is 0. The largest absolute Gasteiger partial charge is 0.461 e. The summed E-state index contributed by atoms with van der Waals surface area (Å²) in [6.45, 7) is 5.87. The van der Waals surface area contributed by atoms with Crippen molar-refractivity contribution in [1.82, 2.24) is 0 Å². The average Bonchev–Trinajstić information content (AvgIpc) is 2.30. The Balaban J connectivity index is 2.60. The molecule has 0 aliphatic heterocycles. The van der Waals surface area contributed by atoms with E-state index >= 15 is 0 Å². The summed E-state index contributed by atoms with van der Waals surface area (Å²) in [6.07, 6.45) is -2.07. The smallest absolute Gasteiger partial charge is 0.381 e. The second kappa shape index (κ2) is 6.23.